The molecule has 1 aromatic rings. The second-order valence-electron chi connectivity index (χ2n) is 1.82. The summed E-state index contributed by atoms with van der Waals surface area (Å²) in [7, 11) is 0. The second kappa shape index (κ2) is 2.98. The Labute approximate surface area is 61.3 Å². The first kappa shape index (κ1) is 7.50. The summed E-state index contributed by atoms with van der Waals surface area (Å²) in [5, 5.41) is 0.122. The van der Waals surface area contributed by atoms with Gasteiger partial charge in [0.2, 0.25) is 16.2 Å². The van der Waals surface area contributed by atoms with Crippen molar-refractivity contribution in [1.29, 1.82) is 0 Å². The highest BCUT2D eigenvalue weighted by Crippen LogP contribution is 2.10. The quantitative estimate of drug-likeness (QED) is 0.666. The van der Waals surface area contributed by atoms with E-state index in [4.69, 9.17) is 8.97 Å². The molecule has 0 fully saturated rings. The molecule has 1 unspecified atom stereocenters. The van der Waals surface area contributed by atoms with Crippen LogP contribution in [0.2, 0.25) is 0 Å². The zero-order chi connectivity index (χ0) is 7.56. The highest BCUT2D eigenvalue weighted by atomic mass is 32.2. The number of rotatable bonds is 2. The van der Waals surface area contributed by atoms with Gasteiger partial charge in [-0.2, -0.15) is 0 Å². The molecule has 1 N–H and O–H groups in total. The minimum atomic E-state index is -1.98. The van der Waals surface area contributed by atoms with E-state index in [2.05, 4.69) is 0 Å². The summed E-state index contributed by atoms with van der Waals surface area (Å²) < 4.78 is 23.8. The Balaban J connectivity index is 2.88. The minimum Gasteiger partial charge on any atom is -0.450 e. The third kappa shape index (κ3) is 1.46. The second-order valence-corrected chi connectivity index (χ2v) is 2.72. The number of aryl methyl sites for hydroxylation is 1. The topological polar surface area (TPSA) is 50.4 Å². The van der Waals surface area contributed by atoms with Crippen molar-refractivity contribution in [2.75, 3.05) is 0 Å². The minimum absolute atomic E-state index is 0.122. The zero-order valence-electron chi connectivity index (χ0n) is 5.53. The van der Waals surface area contributed by atoms with E-state index in [-0.39, 0.29) is 5.09 Å². The molecule has 1 heterocycles. The summed E-state index contributed by atoms with van der Waals surface area (Å²) in [5.74, 6) is 0.734. The number of furan rings is 1. The Kier molecular flexibility index (Phi) is 2.24. The van der Waals surface area contributed by atoms with Crippen LogP contribution in [0.15, 0.2) is 21.6 Å². The molecule has 0 bridgehead atoms. The van der Waals surface area contributed by atoms with Crippen LogP contribution >= 0.6 is 0 Å². The molecule has 1 aromatic heterocycles. The maximum absolute atomic E-state index is 10.3. The molecule has 0 aromatic carbocycles. The number of hydrogen-bond acceptors (Lipinski definition) is 2. The largest absolute Gasteiger partial charge is 0.450 e. The van der Waals surface area contributed by atoms with Crippen LogP contribution in [0.1, 0.15) is 12.7 Å². The summed E-state index contributed by atoms with van der Waals surface area (Å²) in [5.41, 5.74) is 0. The molecule has 0 saturated carbocycles. The molecule has 3 nitrogen and oxygen atoms in total. The Morgan fingerprint density at radius 2 is 2.40 bits per heavy atom. The highest BCUT2D eigenvalue weighted by Gasteiger charge is 2.04. The van der Waals surface area contributed by atoms with Crippen molar-refractivity contribution < 1.29 is 13.2 Å². The van der Waals surface area contributed by atoms with Gasteiger partial charge in [-0.05, 0) is 12.1 Å². The maximum atomic E-state index is 10.3. The Morgan fingerprint density at radius 1 is 1.70 bits per heavy atom. The van der Waals surface area contributed by atoms with E-state index < -0.39 is 11.1 Å². The van der Waals surface area contributed by atoms with E-state index in [1.54, 1.807) is 6.07 Å². The fourth-order valence-corrected chi connectivity index (χ4v) is 1.00. The predicted octanol–water partition coefficient (Wildman–Crippen LogP) is 1.42. The summed E-state index contributed by atoms with van der Waals surface area (Å²) >= 11 is -1.98. The lowest BCUT2D eigenvalue weighted by Crippen LogP contribution is -1.82. The van der Waals surface area contributed by atoms with Gasteiger partial charge >= 0.3 is 0 Å². The summed E-state index contributed by atoms with van der Waals surface area (Å²) in [4.78, 5) is 0. The lowest BCUT2D eigenvalue weighted by molar-refractivity contribution is 0.412. The first-order valence-corrected chi connectivity index (χ1v) is 4.04. The van der Waals surface area contributed by atoms with Crippen LogP contribution in [-0.2, 0) is 17.5 Å². The molecule has 0 spiro atoms. The van der Waals surface area contributed by atoms with Gasteiger partial charge in [0.15, 0.2) is 0 Å². The molecular weight excluding hydrogens is 152 g/mol. The van der Waals surface area contributed by atoms with Crippen molar-refractivity contribution in [2.45, 2.75) is 18.4 Å². The lowest BCUT2D eigenvalue weighted by Gasteiger charge is -1.86. The van der Waals surface area contributed by atoms with Gasteiger partial charge in [-0.25, -0.2) is 4.21 Å². The lowest BCUT2D eigenvalue weighted by atomic mass is 10.4. The van der Waals surface area contributed by atoms with E-state index >= 15 is 0 Å². The van der Waals surface area contributed by atoms with Crippen molar-refractivity contribution in [3.63, 3.8) is 0 Å². The van der Waals surface area contributed by atoms with Gasteiger partial charge in [0.1, 0.15) is 5.76 Å². The maximum Gasteiger partial charge on any atom is 0.223 e. The van der Waals surface area contributed by atoms with Crippen LogP contribution in [0, 0.1) is 0 Å². The molecule has 1 atom stereocenters. The van der Waals surface area contributed by atoms with Crippen LogP contribution in [0.4, 0.5) is 0 Å². The molecule has 0 amide bonds. The van der Waals surface area contributed by atoms with E-state index in [1.165, 1.54) is 6.07 Å². The molecule has 4 heteroatoms. The first-order chi connectivity index (χ1) is 4.74. The molecule has 0 saturated heterocycles. The summed E-state index contributed by atoms with van der Waals surface area (Å²) in [6.07, 6.45) is 0.747. The first-order valence-electron chi connectivity index (χ1n) is 2.93. The highest BCUT2D eigenvalue weighted by molar-refractivity contribution is 7.79. The normalized spacial score (nSPS) is 13.4. The average Bonchev–Trinajstić information content (AvgIpc) is 2.34. The van der Waals surface area contributed by atoms with E-state index in [1.807, 2.05) is 6.92 Å². The molecule has 0 aliphatic heterocycles. The van der Waals surface area contributed by atoms with Crippen LogP contribution < -0.4 is 0 Å². The van der Waals surface area contributed by atoms with Crippen LogP contribution in [0.25, 0.3) is 0 Å². The molecule has 0 radical (unpaired) electrons. The van der Waals surface area contributed by atoms with Gasteiger partial charge in [0.25, 0.3) is 0 Å². The fraction of sp³-hybridized carbons (Fsp3) is 0.333. The predicted molar refractivity (Wildman–Crippen MR) is 37.1 cm³/mol. The molecule has 0 aliphatic rings. The van der Waals surface area contributed by atoms with Gasteiger partial charge in [0, 0.05) is 6.42 Å². The summed E-state index contributed by atoms with van der Waals surface area (Å²) in [6, 6.07) is 3.21. The van der Waals surface area contributed by atoms with Gasteiger partial charge in [0.05, 0.1) is 0 Å². The van der Waals surface area contributed by atoms with E-state index in [0.29, 0.717) is 0 Å². The molecule has 56 valence electrons. The fourth-order valence-electron chi connectivity index (χ4n) is 0.642. The van der Waals surface area contributed by atoms with Gasteiger partial charge in [-0.3, -0.25) is 4.55 Å². The van der Waals surface area contributed by atoms with Gasteiger partial charge < -0.3 is 4.42 Å². The Hall–Kier alpha value is -0.610. The van der Waals surface area contributed by atoms with Crippen molar-refractivity contribution in [3.05, 3.63) is 17.9 Å². The molecular formula is C6H8O3S. The monoisotopic (exact) mass is 160 g/mol. The van der Waals surface area contributed by atoms with E-state index in [9.17, 15) is 4.21 Å². The average molecular weight is 160 g/mol. The Bertz CT molecular complexity index is 241. The molecule has 1 rings (SSSR count). The third-order valence-electron chi connectivity index (χ3n) is 1.16. The molecule has 0 aliphatic carbocycles. The van der Waals surface area contributed by atoms with Crippen LogP contribution in [0.5, 0.6) is 0 Å². The zero-order valence-corrected chi connectivity index (χ0v) is 6.35. The SMILES string of the molecule is CCc1ccc(S(=O)O)o1. The number of hydrogen-bond donors (Lipinski definition) is 1. The van der Waals surface area contributed by atoms with Crippen molar-refractivity contribution in [1.82, 2.24) is 0 Å². The van der Waals surface area contributed by atoms with E-state index in [0.717, 1.165) is 12.2 Å². The van der Waals surface area contributed by atoms with Gasteiger partial charge in [-0.15, -0.1) is 0 Å². The third-order valence-corrected chi connectivity index (χ3v) is 1.72. The van der Waals surface area contributed by atoms with Crippen LogP contribution in [0.3, 0.4) is 0 Å². The molecule has 10 heavy (non-hydrogen) atoms. The van der Waals surface area contributed by atoms with Crippen molar-refractivity contribution in [3.8, 4) is 0 Å². The van der Waals surface area contributed by atoms with Gasteiger partial charge in [-0.1, -0.05) is 6.92 Å². The van der Waals surface area contributed by atoms with Crippen molar-refractivity contribution >= 4 is 11.1 Å². The Morgan fingerprint density at radius 3 is 2.70 bits per heavy atom. The smallest absolute Gasteiger partial charge is 0.223 e. The summed E-state index contributed by atoms with van der Waals surface area (Å²) in [6.45, 7) is 1.92. The van der Waals surface area contributed by atoms with Crippen LogP contribution in [-0.4, -0.2) is 8.76 Å². The van der Waals surface area contributed by atoms with Crippen molar-refractivity contribution in [2.24, 2.45) is 0 Å². The standard InChI is InChI=1S/C6H8O3S/c1-2-5-3-4-6(9-5)10(7)8/h3-4H,2H2,1H3,(H,7,8).